The second kappa shape index (κ2) is 12.0. The van der Waals surface area contributed by atoms with E-state index in [1.807, 2.05) is 38.1 Å². The number of aromatic nitrogens is 3. The van der Waals surface area contributed by atoms with Crippen LogP contribution in [0.1, 0.15) is 13.8 Å². The van der Waals surface area contributed by atoms with Crippen molar-refractivity contribution in [1.29, 1.82) is 0 Å². The molecule has 0 saturated heterocycles. The Morgan fingerprint density at radius 3 is 1.54 bits per heavy atom. The fourth-order valence-corrected chi connectivity index (χ4v) is 3.60. The third-order valence-corrected chi connectivity index (χ3v) is 5.35. The van der Waals surface area contributed by atoms with E-state index in [1.165, 1.54) is 12.1 Å². The monoisotopic (exact) mass is 503 g/mol. The van der Waals surface area contributed by atoms with Gasteiger partial charge in [0.25, 0.3) is 0 Å². The van der Waals surface area contributed by atoms with Gasteiger partial charge in [-0.25, -0.2) is 15.0 Å². The second-order valence-corrected chi connectivity index (χ2v) is 7.90. The molecule has 0 spiro atoms. The van der Waals surface area contributed by atoms with Gasteiger partial charge < -0.3 is 29.2 Å². The molecule has 3 aromatic carbocycles. The molecule has 0 radical (unpaired) electrons. The minimum Gasteiger partial charge on any atom is -0.507 e. The van der Waals surface area contributed by atoms with E-state index in [-0.39, 0.29) is 23.1 Å². The van der Waals surface area contributed by atoms with Gasteiger partial charge in [-0.05, 0) is 62.4 Å². The van der Waals surface area contributed by atoms with Gasteiger partial charge in [-0.15, -0.1) is 0 Å². The summed E-state index contributed by atoms with van der Waals surface area (Å²) in [6.07, 6.45) is 0. The van der Waals surface area contributed by atoms with E-state index in [1.54, 1.807) is 31.4 Å². The van der Waals surface area contributed by atoms with Gasteiger partial charge in [0, 0.05) is 24.8 Å². The molecule has 0 bridgehead atoms. The molecule has 4 rings (SSSR count). The van der Waals surface area contributed by atoms with E-state index < -0.39 is 0 Å². The van der Waals surface area contributed by atoms with Crippen LogP contribution in [0.2, 0.25) is 0 Å². The molecule has 0 atom stereocenters. The Morgan fingerprint density at radius 1 is 0.595 bits per heavy atom. The number of hydrogen-bond acceptors (Lipinski definition) is 9. The maximum Gasteiger partial charge on any atom is 0.167 e. The summed E-state index contributed by atoms with van der Waals surface area (Å²) in [5.74, 6) is 2.54. The highest BCUT2D eigenvalue weighted by atomic mass is 16.5. The minimum atomic E-state index is -0.0353. The zero-order chi connectivity index (χ0) is 26.2. The van der Waals surface area contributed by atoms with Gasteiger partial charge in [-0.1, -0.05) is 0 Å². The third-order valence-electron chi connectivity index (χ3n) is 5.35. The Morgan fingerprint density at radius 2 is 1.08 bits per heavy atom. The van der Waals surface area contributed by atoms with Crippen molar-refractivity contribution < 1.29 is 29.2 Å². The molecule has 0 saturated carbocycles. The molecule has 9 nitrogen and oxygen atoms in total. The minimum absolute atomic E-state index is 0.0353. The van der Waals surface area contributed by atoms with Crippen LogP contribution in [0.25, 0.3) is 34.2 Å². The molecule has 0 aliphatic rings. The summed E-state index contributed by atoms with van der Waals surface area (Å²) in [5.41, 5.74) is 1.51. The third kappa shape index (κ3) is 6.25. The molecule has 37 heavy (non-hydrogen) atoms. The Labute approximate surface area is 215 Å². The maximum atomic E-state index is 10.7. The molecule has 0 aliphatic carbocycles. The highest BCUT2D eigenvalue weighted by Gasteiger charge is 2.17. The van der Waals surface area contributed by atoms with E-state index in [0.717, 1.165) is 0 Å². The van der Waals surface area contributed by atoms with E-state index in [0.29, 0.717) is 66.2 Å². The van der Waals surface area contributed by atoms with Crippen molar-refractivity contribution in [3.05, 3.63) is 60.7 Å². The SMILES string of the molecule is CCOc1ccc(-c2nc(-c3ccc(OCCOC)cc3)nc(-c3ccc(OCC)cc3O)n2)c(O)c1. The van der Waals surface area contributed by atoms with Gasteiger partial charge in [0.1, 0.15) is 35.4 Å². The lowest BCUT2D eigenvalue weighted by atomic mass is 10.1. The lowest BCUT2D eigenvalue weighted by Gasteiger charge is -2.12. The summed E-state index contributed by atoms with van der Waals surface area (Å²) in [4.78, 5) is 13.8. The van der Waals surface area contributed by atoms with Crippen LogP contribution < -0.4 is 14.2 Å². The van der Waals surface area contributed by atoms with Gasteiger partial charge in [0.15, 0.2) is 17.5 Å². The molecule has 0 unspecified atom stereocenters. The number of hydrogen-bond donors (Lipinski definition) is 2. The van der Waals surface area contributed by atoms with Crippen molar-refractivity contribution in [1.82, 2.24) is 15.0 Å². The Kier molecular flexibility index (Phi) is 8.37. The van der Waals surface area contributed by atoms with Crippen LogP contribution in [0.4, 0.5) is 0 Å². The number of ether oxygens (including phenoxy) is 4. The van der Waals surface area contributed by atoms with Crippen molar-refractivity contribution in [2.75, 3.05) is 33.5 Å². The van der Waals surface area contributed by atoms with Crippen molar-refractivity contribution >= 4 is 0 Å². The van der Waals surface area contributed by atoms with Gasteiger partial charge in [0.2, 0.25) is 0 Å². The van der Waals surface area contributed by atoms with Crippen LogP contribution in [0.5, 0.6) is 28.7 Å². The first-order chi connectivity index (χ1) is 18.0. The second-order valence-electron chi connectivity index (χ2n) is 7.90. The first kappa shape index (κ1) is 25.7. The average molecular weight is 504 g/mol. The standard InChI is InChI=1S/C28H29N3O6/c1-4-35-20-10-12-22(24(32)16-20)27-29-26(18-6-8-19(9-7-18)37-15-14-34-3)30-28(31-27)23-13-11-21(36-5-2)17-25(23)33/h6-13,16-17,32-33H,4-5,14-15H2,1-3H3. The summed E-state index contributed by atoms with van der Waals surface area (Å²) in [6.45, 7) is 5.60. The van der Waals surface area contributed by atoms with Crippen LogP contribution in [0, 0.1) is 0 Å². The topological polar surface area (TPSA) is 116 Å². The van der Waals surface area contributed by atoms with Gasteiger partial charge in [-0.2, -0.15) is 0 Å². The average Bonchev–Trinajstić information content (AvgIpc) is 2.89. The van der Waals surface area contributed by atoms with Crippen LogP contribution in [-0.4, -0.2) is 58.7 Å². The molecule has 2 N–H and O–H groups in total. The summed E-state index contributed by atoms with van der Waals surface area (Å²) < 4.78 is 21.6. The number of nitrogens with zero attached hydrogens (tertiary/aromatic N) is 3. The first-order valence-corrected chi connectivity index (χ1v) is 11.9. The highest BCUT2D eigenvalue weighted by molar-refractivity contribution is 5.72. The quantitative estimate of drug-likeness (QED) is 0.269. The smallest absolute Gasteiger partial charge is 0.167 e. The van der Waals surface area contributed by atoms with Crippen LogP contribution in [0.3, 0.4) is 0 Å². The fraction of sp³-hybridized carbons (Fsp3) is 0.250. The normalized spacial score (nSPS) is 10.8. The number of methoxy groups -OCH3 is 1. The number of aromatic hydroxyl groups is 2. The molecule has 1 heterocycles. The zero-order valence-electron chi connectivity index (χ0n) is 21.0. The van der Waals surface area contributed by atoms with E-state index in [2.05, 4.69) is 15.0 Å². The predicted molar refractivity (Wildman–Crippen MR) is 139 cm³/mol. The van der Waals surface area contributed by atoms with Crippen molar-refractivity contribution in [2.24, 2.45) is 0 Å². The van der Waals surface area contributed by atoms with Gasteiger partial charge in [0.05, 0.1) is 30.9 Å². The zero-order valence-corrected chi connectivity index (χ0v) is 21.0. The summed E-state index contributed by atoms with van der Waals surface area (Å²) in [7, 11) is 1.62. The Bertz CT molecular complexity index is 1270. The molecular weight excluding hydrogens is 474 g/mol. The Hall–Kier alpha value is -4.37. The predicted octanol–water partition coefficient (Wildman–Crippen LogP) is 5.11. The molecule has 0 amide bonds. The molecule has 4 aromatic rings. The van der Waals surface area contributed by atoms with Crippen LogP contribution in [-0.2, 0) is 4.74 Å². The molecule has 192 valence electrons. The molecule has 0 fully saturated rings. The Balaban J connectivity index is 1.78. The van der Waals surface area contributed by atoms with Gasteiger partial charge >= 0.3 is 0 Å². The van der Waals surface area contributed by atoms with Crippen molar-refractivity contribution in [2.45, 2.75) is 13.8 Å². The molecule has 9 heteroatoms. The molecule has 1 aromatic heterocycles. The van der Waals surface area contributed by atoms with Crippen LogP contribution in [0.15, 0.2) is 60.7 Å². The number of phenols is 2. The maximum absolute atomic E-state index is 10.7. The van der Waals surface area contributed by atoms with E-state index >= 15 is 0 Å². The lowest BCUT2D eigenvalue weighted by Crippen LogP contribution is -2.04. The van der Waals surface area contributed by atoms with Crippen LogP contribution >= 0.6 is 0 Å². The summed E-state index contributed by atoms with van der Waals surface area (Å²) in [6, 6.07) is 17.2. The van der Waals surface area contributed by atoms with E-state index in [4.69, 9.17) is 18.9 Å². The number of phenolic OH excluding ortho intramolecular Hbond substituents is 2. The lowest BCUT2D eigenvalue weighted by molar-refractivity contribution is 0.146. The number of benzene rings is 3. The summed E-state index contributed by atoms with van der Waals surface area (Å²) in [5, 5.41) is 21.4. The highest BCUT2D eigenvalue weighted by Crippen LogP contribution is 2.35. The largest absolute Gasteiger partial charge is 0.507 e. The number of rotatable bonds is 11. The summed E-state index contributed by atoms with van der Waals surface area (Å²) >= 11 is 0. The van der Waals surface area contributed by atoms with Crippen molar-refractivity contribution in [3.8, 4) is 62.9 Å². The first-order valence-electron chi connectivity index (χ1n) is 11.9. The fourth-order valence-electron chi connectivity index (χ4n) is 3.60. The van der Waals surface area contributed by atoms with Gasteiger partial charge in [-0.3, -0.25) is 0 Å². The van der Waals surface area contributed by atoms with Crippen molar-refractivity contribution in [3.63, 3.8) is 0 Å². The molecule has 0 aliphatic heterocycles. The van der Waals surface area contributed by atoms with E-state index in [9.17, 15) is 10.2 Å². The molecular formula is C28H29N3O6.